The van der Waals surface area contributed by atoms with Crippen molar-refractivity contribution in [3.05, 3.63) is 59.7 Å². The summed E-state index contributed by atoms with van der Waals surface area (Å²) in [6.07, 6.45) is 6.38. The van der Waals surface area contributed by atoms with Gasteiger partial charge < -0.3 is 19.4 Å². The molecule has 2 aliphatic rings. The Morgan fingerprint density at radius 1 is 1.02 bits per heavy atom. The molecule has 0 bridgehead atoms. The van der Waals surface area contributed by atoms with Crippen molar-refractivity contribution in [3.8, 4) is 5.82 Å². The summed E-state index contributed by atoms with van der Waals surface area (Å²) in [6.45, 7) is 6.05. The first-order chi connectivity index (χ1) is 20.1. The van der Waals surface area contributed by atoms with Crippen molar-refractivity contribution in [1.29, 1.82) is 0 Å². The van der Waals surface area contributed by atoms with Crippen molar-refractivity contribution < 1.29 is 23.9 Å². The van der Waals surface area contributed by atoms with E-state index in [0.717, 1.165) is 46.3 Å². The molecule has 6 rings (SSSR count). The second kappa shape index (κ2) is 11.0. The first-order valence-electron chi connectivity index (χ1n) is 14.0. The van der Waals surface area contributed by atoms with E-state index in [1.165, 1.54) is 13.8 Å². The second-order valence-electron chi connectivity index (χ2n) is 11.1. The van der Waals surface area contributed by atoms with Gasteiger partial charge in [0, 0.05) is 98.8 Å². The van der Waals surface area contributed by atoms with Gasteiger partial charge in [0.2, 0.25) is 5.95 Å². The number of hydrogen-bond donors (Lipinski definition) is 1. The highest BCUT2D eigenvalue weighted by atomic mass is 16.6. The van der Waals surface area contributed by atoms with Crippen LogP contribution in [0.1, 0.15) is 48.3 Å². The van der Waals surface area contributed by atoms with Crippen molar-refractivity contribution in [3.63, 3.8) is 0 Å². The minimum atomic E-state index is -0.518. The third kappa shape index (κ3) is 5.75. The number of benzene rings is 1. The van der Waals surface area contributed by atoms with E-state index in [1.807, 2.05) is 49.1 Å². The molecule has 218 valence electrons. The molecule has 0 unspecified atom stereocenters. The number of nitrogens with zero attached hydrogens (tertiary/aromatic N) is 6. The van der Waals surface area contributed by atoms with E-state index in [9.17, 15) is 14.4 Å². The van der Waals surface area contributed by atoms with E-state index in [0.29, 0.717) is 31.4 Å². The Hall–Kier alpha value is -4.58. The molecule has 0 radical (unpaired) electrons. The van der Waals surface area contributed by atoms with Gasteiger partial charge in [-0.05, 0) is 38.0 Å². The van der Waals surface area contributed by atoms with Crippen LogP contribution in [0.4, 0.5) is 11.6 Å². The number of fused-ring (bicyclic) bond motifs is 1. The molecule has 0 spiro atoms. The molecule has 12 heteroatoms. The van der Waals surface area contributed by atoms with Crippen LogP contribution in [-0.2, 0) is 32.7 Å². The zero-order valence-electron chi connectivity index (χ0n) is 24.0. The lowest BCUT2D eigenvalue weighted by atomic mass is 10.1. The van der Waals surface area contributed by atoms with Gasteiger partial charge in [0.1, 0.15) is 0 Å². The Balaban J connectivity index is 1.18. The Kier molecular flexibility index (Phi) is 7.23. The van der Waals surface area contributed by atoms with Gasteiger partial charge in [-0.2, -0.15) is 10.1 Å². The molecule has 4 heterocycles. The number of likely N-dealkylation sites (tertiary alicyclic amines) is 1. The summed E-state index contributed by atoms with van der Waals surface area (Å²) in [5.41, 5.74) is 4.33. The van der Waals surface area contributed by atoms with Gasteiger partial charge in [0.15, 0.2) is 23.8 Å². The smallest absolute Gasteiger partial charge is 0.303 e. The van der Waals surface area contributed by atoms with Gasteiger partial charge in [-0.15, -0.1) is 0 Å². The van der Waals surface area contributed by atoms with Crippen molar-refractivity contribution in [2.24, 2.45) is 13.0 Å². The molecule has 1 N–H and O–H groups in total. The van der Waals surface area contributed by atoms with Crippen molar-refractivity contribution in [1.82, 2.24) is 29.2 Å². The van der Waals surface area contributed by atoms with Crippen LogP contribution in [0.2, 0.25) is 0 Å². The van der Waals surface area contributed by atoms with Crippen LogP contribution in [0.25, 0.3) is 16.7 Å². The van der Waals surface area contributed by atoms with Crippen molar-refractivity contribution >= 4 is 40.3 Å². The molecule has 42 heavy (non-hydrogen) atoms. The van der Waals surface area contributed by atoms with Gasteiger partial charge in [-0.25, -0.2) is 9.67 Å². The van der Waals surface area contributed by atoms with Crippen molar-refractivity contribution in [2.75, 3.05) is 18.4 Å². The molecule has 2 fully saturated rings. The van der Waals surface area contributed by atoms with Crippen LogP contribution < -0.4 is 5.32 Å². The predicted molar refractivity (Wildman–Crippen MR) is 154 cm³/mol. The molecule has 1 aliphatic carbocycles. The SMILES string of the molecule is CC(=O)O[C@H]1CN(Cc2cn(-c3ccnc(Nc4ccc5c(c4)c(C(=O)C4CC4)cn5C)n3)nc2C)C[C@H]1OC(C)=O. The van der Waals surface area contributed by atoms with E-state index >= 15 is 0 Å². The quantitative estimate of drug-likeness (QED) is 0.235. The molecule has 3 aromatic heterocycles. The number of carbonyl (C=O) groups is 3. The number of ketones is 1. The Labute approximate surface area is 242 Å². The van der Waals surface area contributed by atoms with E-state index in [1.54, 1.807) is 16.9 Å². The maximum atomic E-state index is 12.8. The summed E-state index contributed by atoms with van der Waals surface area (Å²) in [6, 6.07) is 7.68. The lowest BCUT2D eigenvalue weighted by Crippen LogP contribution is -2.32. The molecule has 4 aromatic rings. The number of rotatable bonds is 9. The van der Waals surface area contributed by atoms with E-state index in [-0.39, 0.29) is 11.7 Å². The fraction of sp³-hybridized carbons (Fsp3) is 0.400. The molecular formula is C30H33N7O5. The molecular weight excluding hydrogens is 538 g/mol. The number of hydrogen-bond acceptors (Lipinski definition) is 10. The van der Waals surface area contributed by atoms with Gasteiger partial charge in [0.25, 0.3) is 0 Å². The zero-order valence-corrected chi connectivity index (χ0v) is 24.0. The van der Waals surface area contributed by atoms with Gasteiger partial charge in [0.05, 0.1) is 5.69 Å². The molecule has 1 aliphatic heterocycles. The summed E-state index contributed by atoms with van der Waals surface area (Å²) in [7, 11) is 1.95. The first kappa shape index (κ1) is 27.6. The zero-order chi connectivity index (χ0) is 29.5. The minimum absolute atomic E-state index is 0.144. The summed E-state index contributed by atoms with van der Waals surface area (Å²) >= 11 is 0. The molecule has 1 saturated carbocycles. The molecule has 12 nitrogen and oxygen atoms in total. The Bertz CT molecular complexity index is 1660. The highest BCUT2D eigenvalue weighted by molar-refractivity contribution is 6.10. The average Bonchev–Trinajstić information content (AvgIpc) is 3.54. The molecule has 1 saturated heterocycles. The number of Topliss-reactive ketones (excluding diaryl/α,β-unsaturated/α-hetero) is 1. The average molecular weight is 572 g/mol. The third-order valence-electron chi connectivity index (χ3n) is 7.65. The standard InChI is InChI=1S/C30H33N7O5/c1-17-21(12-36-15-26(41-18(2)38)27(16-36)42-19(3)39)13-37(34-17)28-9-10-31-30(33-28)32-22-7-8-25-23(11-22)24(14-35(25)4)29(40)20-5-6-20/h7-11,13-14,20,26-27H,5-6,12,15-16H2,1-4H3,(H,31,32,33)/t26-,27+. The first-order valence-corrected chi connectivity index (χ1v) is 14.0. The second-order valence-corrected chi connectivity index (χ2v) is 11.1. The van der Waals surface area contributed by atoms with E-state index in [2.05, 4.69) is 25.3 Å². The van der Waals surface area contributed by atoms with Crippen LogP contribution in [-0.4, -0.2) is 72.2 Å². The van der Waals surface area contributed by atoms with Crippen LogP contribution in [0.3, 0.4) is 0 Å². The van der Waals surface area contributed by atoms with Crippen LogP contribution in [0, 0.1) is 12.8 Å². The summed E-state index contributed by atoms with van der Waals surface area (Å²) in [4.78, 5) is 47.1. The molecule has 0 amide bonds. The summed E-state index contributed by atoms with van der Waals surface area (Å²) in [5, 5.41) is 8.85. The number of esters is 2. The monoisotopic (exact) mass is 571 g/mol. The largest absolute Gasteiger partial charge is 0.457 e. The topological polar surface area (TPSA) is 133 Å². The molecule has 2 atom stereocenters. The van der Waals surface area contributed by atoms with Gasteiger partial charge in [-0.1, -0.05) is 0 Å². The van der Waals surface area contributed by atoms with Gasteiger partial charge in [-0.3, -0.25) is 19.3 Å². The molecule has 1 aromatic carbocycles. The number of aromatic nitrogens is 5. The van der Waals surface area contributed by atoms with E-state index < -0.39 is 24.1 Å². The highest BCUT2D eigenvalue weighted by Crippen LogP contribution is 2.36. The third-order valence-corrected chi connectivity index (χ3v) is 7.65. The lowest BCUT2D eigenvalue weighted by molar-refractivity contribution is -0.160. The van der Waals surface area contributed by atoms with Crippen LogP contribution in [0.5, 0.6) is 0 Å². The van der Waals surface area contributed by atoms with E-state index in [4.69, 9.17) is 9.47 Å². The predicted octanol–water partition coefficient (Wildman–Crippen LogP) is 3.48. The van der Waals surface area contributed by atoms with Crippen LogP contribution >= 0.6 is 0 Å². The fourth-order valence-electron chi connectivity index (χ4n) is 5.51. The summed E-state index contributed by atoms with van der Waals surface area (Å²) in [5.74, 6) is 0.521. The Morgan fingerprint density at radius 3 is 2.40 bits per heavy atom. The maximum absolute atomic E-state index is 12.8. The van der Waals surface area contributed by atoms with Crippen LogP contribution in [0.15, 0.2) is 42.9 Å². The number of ether oxygens (including phenoxy) is 2. The Morgan fingerprint density at radius 2 is 1.74 bits per heavy atom. The van der Waals surface area contributed by atoms with Gasteiger partial charge >= 0.3 is 11.9 Å². The minimum Gasteiger partial charge on any atom is -0.457 e. The number of anilines is 2. The fourth-order valence-corrected chi connectivity index (χ4v) is 5.51. The van der Waals surface area contributed by atoms with Crippen molar-refractivity contribution in [2.45, 2.75) is 52.4 Å². The number of carbonyl (C=O) groups excluding carboxylic acids is 3. The lowest BCUT2D eigenvalue weighted by Gasteiger charge is -2.17. The summed E-state index contributed by atoms with van der Waals surface area (Å²) < 4.78 is 14.5. The normalized spacial score (nSPS) is 18.8. The number of nitrogens with one attached hydrogen (secondary N) is 1. The maximum Gasteiger partial charge on any atom is 0.303 e. The highest BCUT2D eigenvalue weighted by Gasteiger charge is 2.37. The number of aryl methyl sites for hydroxylation is 2.